The van der Waals surface area contributed by atoms with E-state index in [1.165, 1.54) is 18.6 Å². The summed E-state index contributed by atoms with van der Waals surface area (Å²) < 4.78 is 35.9. The van der Waals surface area contributed by atoms with Gasteiger partial charge in [-0.15, -0.1) is 11.3 Å². The zero-order valence-electron chi connectivity index (χ0n) is 12.6. The number of sulfonamides is 1. The Balaban J connectivity index is 1.83. The molecule has 1 unspecified atom stereocenters. The Morgan fingerprint density at radius 3 is 2.79 bits per heavy atom. The zero-order valence-corrected chi connectivity index (χ0v) is 14.3. The van der Waals surface area contributed by atoms with Crippen LogP contribution in [0.2, 0.25) is 0 Å². The van der Waals surface area contributed by atoms with Crippen LogP contribution in [0.4, 0.5) is 4.79 Å². The van der Waals surface area contributed by atoms with Crippen molar-refractivity contribution in [2.75, 3.05) is 26.8 Å². The van der Waals surface area contributed by atoms with Crippen LogP contribution < -0.4 is 0 Å². The monoisotopic (exact) mass is 374 g/mol. The molecule has 0 bridgehead atoms. The van der Waals surface area contributed by atoms with E-state index in [1.54, 1.807) is 0 Å². The SMILES string of the molecule is COC(=O)c1sccc1S(=O)(=O)N1CCC(N2C(=O)COC2=O)C1. The number of amides is 2. The Hall–Kier alpha value is -1.98. The molecule has 3 rings (SSSR count). The minimum Gasteiger partial charge on any atom is -0.465 e. The maximum Gasteiger partial charge on any atom is 0.417 e. The van der Waals surface area contributed by atoms with Gasteiger partial charge in [-0.1, -0.05) is 0 Å². The first kappa shape index (κ1) is 16.9. The topological polar surface area (TPSA) is 110 Å². The highest BCUT2D eigenvalue weighted by Crippen LogP contribution is 2.30. The number of carbonyl (C=O) groups excluding carboxylic acids is 3. The van der Waals surface area contributed by atoms with E-state index in [1.807, 2.05) is 0 Å². The van der Waals surface area contributed by atoms with Crippen molar-refractivity contribution in [2.24, 2.45) is 0 Å². The van der Waals surface area contributed by atoms with Crippen molar-refractivity contribution in [1.82, 2.24) is 9.21 Å². The summed E-state index contributed by atoms with van der Waals surface area (Å²) >= 11 is 0.976. The maximum absolute atomic E-state index is 12.8. The van der Waals surface area contributed by atoms with Crippen LogP contribution in [0, 0.1) is 0 Å². The lowest BCUT2D eigenvalue weighted by Gasteiger charge is -2.20. The van der Waals surface area contributed by atoms with Crippen LogP contribution in [0.5, 0.6) is 0 Å². The van der Waals surface area contributed by atoms with Crippen LogP contribution in [0.1, 0.15) is 16.1 Å². The summed E-state index contributed by atoms with van der Waals surface area (Å²) in [5.41, 5.74) is 0. The fourth-order valence-electron chi connectivity index (χ4n) is 2.74. The number of methoxy groups -OCH3 is 1. The molecule has 0 N–H and O–H groups in total. The Labute approximate surface area is 141 Å². The number of imide groups is 1. The van der Waals surface area contributed by atoms with E-state index in [0.29, 0.717) is 6.42 Å². The molecule has 11 heteroatoms. The first-order valence-corrected chi connectivity index (χ1v) is 9.33. The van der Waals surface area contributed by atoms with Gasteiger partial charge in [-0.3, -0.25) is 4.79 Å². The summed E-state index contributed by atoms with van der Waals surface area (Å²) in [6.07, 6.45) is -0.437. The summed E-state index contributed by atoms with van der Waals surface area (Å²) in [7, 11) is -2.75. The largest absolute Gasteiger partial charge is 0.465 e. The van der Waals surface area contributed by atoms with Gasteiger partial charge in [0.2, 0.25) is 10.0 Å². The van der Waals surface area contributed by atoms with Crippen molar-refractivity contribution in [3.05, 3.63) is 16.3 Å². The normalized spacial score (nSPS) is 22.0. The molecule has 130 valence electrons. The molecule has 9 nitrogen and oxygen atoms in total. The molecule has 0 saturated carbocycles. The number of ether oxygens (including phenoxy) is 2. The van der Waals surface area contributed by atoms with E-state index in [0.717, 1.165) is 20.5 Å². The van der Waals surface area contributed by atoms with Crippen molar-refractivity contribution in [3.8, 4) is 0 Å². The molecule has 3 heterocycles. The fraction of sp³-hybridized carbons (Fsp3) is 0.462. The Morgan fingerprint density at radius 2 is 2.17 bits per heavy atom. The molecule has 2 aliphatic heterocycles. The first-order chi connectivity index (χ1) is 11.4. The van der Waals surface area contributed by atoms with Gasteiger partial charge in [-0.05, 0) is 17.9 Å². The second-order valence-corrected chi connectivity index (χ2v) is 8.05. The number of thiophene rings is 1. The van der Waals surface area contributed by atoms with E-state index in [9.17, 15) is 22.8 Å². The lowest BCUT2D eigenvalue weighted by atomic mass is 10.2. The maximum atomic E-state index is 12.8. The number of cyclic esters (lactones) is 1. The molecule has 1 aromatic heterocycles. The van der Waals surface area contributed by atoms with Crippen molar-refractivity contribution in [2.45, 2.75) is 17.4 Å². The molecule has 1 atom stereocenters. The van der Waals surface area contributed by atoms with Gasteiger partial charge in [-0.25, -0.2) is 22.9 Å². The molecular weight excluding hydrogens is 360 g/mol. The average molecular weight is 374 g/mol. The van der Waals surface area contributed by atoms with Gasteiger partial charge in [0, 0.05) is 13.1 Å². The van der Waals surface area contributed by atoms with Crippen LogP contribution in [-0.2, 0) is 24.3 Å². The van der Waals surface area contributed by atoms with E-state index >= 15 is 0 Å². The summed E-state index contributed by atoms with van der Waals surface area (Å²) in [4.78, 5) is 35.8. The van der Waals surface area contributed by atoms with Gasteiger partial charge in [0.25, 0.3) is 5.91 Å². The minimum atomic E-state index is -3.93. The fourth-order valence-corrected chi connectivity index (χ4v) is 5.54. The van der Waals surface area contributed by atoms with Crippen LogP contribution in [0.3, 0.4) is 0 Å². The molecule has 0 aliphatic carbocycles. The lowest BCUT2D eigenvalue weighted by Crippen LogP contribution is -2.42. The number of hydrogen-bond acceptors (Lipinski definition) is 8. The van der Waals surface area contributed by atoms with Crippen molar-refractivity contribution < 1.29 is 32.3 Å². The molecule has 2 saturated heterocycles. The van der Waals surface area contributed by atoms with E-state index < -0.39 is 34.0 Å². The molecule has 24 heavy (non-hydrogen) atoms. The highest BCUT2D eigenvalue weighted by atomic mass is 32.2. The van der Waals surface area contributed by atoms with Crippen LogP contribution in [0.25, 0.3) is 0 Å². The first-order valence-electron chi connectivity index (χ1n) is 7.01. The molecule has 2 amide bonds. The molecule has 0 spiro atoms. The third-order valence-corrected chi connectivity index (χ3v) is 6.82. The standard InChI is InChI=1S/C13H14N2O7S2/c1-21-12(17)11-9(3-5-23-11)24(19,20)14-4-2-8(6-14)15-10(16)7-22-13(15)18/h3,5,8H,2,4,6-7H2,1H3. The molecular formula is C13H14N2O7S2. The highest BCUT2D eigenvalue weighted by molar-refractivity contribution is 7.89. The molecule has 2 aliphatic rings. The van der Waals surface area contributed by atoms with Crippen LogP contribution in [0.15, 0.2) is 16.3 Å². The second kappa shape index (κ2) is 6.15. The third kappa shape index (κ3) is 2.68. The summed E-state index contributed by atoms with van der Waals surface area (Å²) in [6.45, 7) is -0.209. The highest BCUT2D eigenvalue weighted by Gasteiger charge is 2.43. The zero-order chi connectivity index (χ0) is 17.5. The Kier molecular flexibility index (Phi) is 4.32. The summed E-state index contributed by atoms with van der Waals surface area (Å²) in [5, 5.41) is 1.49. The predicted molar refractivity (Wildman–Crippen MR) is 81.0 cm³/mol. The summed E-state index contributed by atoms with van der Waals surface area (Å²) in [5.74, 6) is -1.20. The van der Waals surface area contributed by atoms with Crippen LogP contribution >= 0.6 is 11.3 Å². The molecule has 0 aromatic carbocycles. The minimum absolute atomic E-state index is 0.00221. The quantitative estimate of drug-likeness (QED) is 0.696. The smallest absolute Gasteiger partial charge is 0.417 e. The van der Waals surface area contributed by atoms with Crippen molar-refractivity contribution in [3.63, 3.8) is 0 Å². The van der Waals surface area contributed by atoms with Gasteiger partial charge in [0.15, 0.2) is 6.61 Å². The molecule has 2 fully saturated rings. The average Bonchev–Trinajstić information content (AvgIpc) is 3.26. The second-order valence-electron chi connectivity index (χ2n) is 5.23. The number of hydrogen-bond donors (Lipinski definition) is 0. The number of esters is 1. The summed E-state index contributed by atoms with van der Waals surface area (Å²) in [6, 6.07) is 0.775. The molecule has 0 radical (unpaired) electrons. The van der Waals surface area contributed by atoms with E-state index in [4.69, 9.17) is 0 Å². The van der Waals surface area contributed by atoms with Gasteiger partial charge >= 0.3 is 12.1 Å². The number of nitrogens with zero attached hydrogens (tertiary/aromatic N) is 2. The predicted octanol–water partition coefficient (Wildman–Crippen LogP) is 0.277. The van der Waals surface area contributed by atoms with Gasteiger partial charge in [-0.2, -0.15) is 4.31 Å². The van der Waals surface area contributed by atoms with E-state index in [2.05, 4.69) is 9.47 Å². The van der Waals surface area contributed by atoms with Gasteiger partial charge < -0.3 is 9.47 Å². The number of rotatable bonds is 4. The van der Waals surface area contributed by atoms with Crippen molar-refractivity contribution in [1.29, 1.82) is 0 Å². The molecule has 1 aromatic rings. The lowest BCUT2D eigenvalue weighted by molar-refractivity contribution is -0.127. The van der Waals surface area contributed by atoms with Gasteiger partial charge in [0.05, 0.1) is 13.2 Å². The third-order valence-electron chi connectivity index (χ3n) is 3.89. The van der Waals surface area contributed by atoms with Crippen molar-refractivity contribution >= 4 is 39.3 Å². The van der Waals surface area contributed by atoms with E-state index in [-0.39, 0.29) is 29.5 Å². The van der Waals surface area contributed by atoms with Gasteiger partial charge in [0.1, 0.15) is 9.77 Å². The Morgan fingerprint density at radius 1 is 1.42 bits per heavy atom. The number of carbonyl (C=O) groups is 3. The van der Waals surface area contributed by atoms with Crippen LogP contribution in [-0.4, -0.2) is 68.4 Å². The Bertz CT molecular complexity index is 785.